The fourth-order valence-electron chi connectivity index (χ4n) is 3.58. The maximum Gasteiger partial charge on any atom is 0.321 e. The summed E-state index contributed by atoms with van der Waals surface area (Å²) in [6.45, 7) is 2.07. The van der Waals surface area contributed by atoms with Crippen molar-refractivity contribution in [3.63, 3.8) is 0 Å². The number of nitrogens with two attached hydrogens (primary N) is 1. The zero-order chi connectivity index (χ0) is 19.7. The van der Waals surface area contributed by atoms with Crippen molar-refractivity contribution >= 4 is 29.5 Å². The molecule has 0 bridgehead atoms. The van der Waals surface area contributed by atoms with Crippen LogP contribution in [0.4, 0.5) is 0 Å². The zero-order valence-corrected chi connectivity index (χ0v) is 17.1. The predicted molar refractivity (Wildman–Crippen MR) is 116 cm³/mol. The lowest BCUT2D eigenvalue weighted by Crippen LogP contribution is -2.37. The molecule has 0 saturated carbocycles. The lowest BCUT2D eigenvalue weighted by Gasteiger charge is -2.41. The van der Waals surface area contributed by atoms with Crippen LogP contribution < -0.4 is 5.73 Å². The third kappa shape index (κ3) is 3.24. The first kappa shape index (κ1) is 19.1. The summed E-state index contributed by atoms with van der Waals surface area (Å²) in [7, 11) is 0. The predicted octanol–water partition coefficient (Wildman–Crippen LogP) is 4.90. The van der Waals surface area contributed by atoms with Gasteiger partial charge in [-0.2, -0.15) is 0 Å². The van der Waals surface area contributed by atoms with E-state index in [1.54, 1.807) is 23.5 Å². The standard InChI is InChI=1S/C23H21NO2S2/c1-15-10-12-16(13-11-15)23(27-14-19(24)22(25)26)17-6-2-4-8-20(17)28-21-9-5-3-7-18(21)23/h2-13,19H,14,24H2,1H3,(H,25,26)/t19-/m0/s1. The van der Waals surface area contributed by atoms with Crippen LogP contribution in [0.25, 0.3) is 0 Å². The van der Waals surface area contributed by atoms with E-state index < -0.39 is 16.8 Å². The van der Waals surface area contributed by atoms with Crippen molar-refractivity contribution in [2.75, 3.05) is 5.75 Å². The first-order valence-corrected chi connectivity index (χ1v) is 10.9. The number of aliphatic carboxylic acids is 1. The Labute approximate surface area is 173 Å². The van der Waals surface area contributed by atoms with E-state index in [-0.39, 0.29) is 0 Å². The summed E-state index contributed by atoms with van der Waals surface area (Å²) >= 11 is 3.37. The van der Waals surface area contributed by atoms with Crippen LogP contribution >= 0.6 is 23.5 Å². The Morgan fingerprint density at radius 1 is 1.00 bits per heavy atom. The van der Waals surface area contributed by atoms with Gasteiger partial charge >= 0.3 is 5.97 Å². The van der Waals surface area contributed by atoms with E-state index in [0.717, 1.165) is 5.56 Å². The summed E-state index contributed by atoms with van der Waals surface area (Å²) in [5.41, 5.74) is 10.6. The smallest absolute Gasteiger partial charge is 0.321 e. The second-order valence-electron chi connectivity index (χ2n) is 6.90. The van der Waals surface area contributed by atoms with Crippen LogP contribution in [-0.4, -0.2) is 22.9 Å². The molecular weight excluding hydrogens is 386 g/mol. The van der Waals surface area contributed by atoms with Gasteiger partial charge in [-0.05, 0) is 35.7 Å². The van der Waals surface area contributed by atoms with Crippen molar-refractivity contribution in [3.05, 3.63) is 95.1 Å². The van der Waals surface area contributed by atoms with Crippen LogP contribution in [0.2, 0.25) is 0 Å². The summed E-state index contributed by atoms with van der Waals surface area (Å²) in [6, 6.07) is 24.4. The number of carboxylic acid groups (broad SMARTS) is 1. The van der Waals surface area contributed by atoms with Gasteiger partial charge in [0.15, 0.2) is 0 Å². The molecule has 0 unspecified atom stereocenters. The molecule has 1 atom stereocenters. The molecule has 0 fully saturated rings. The highest BCUT2D eigenvalue weighted by atomic mass is 32.2. The summed E-state index contributed by atoms with van der Waals surface area (Å²) in [6.07, 6.45) is 0. The van der Waals surface area contributed by atoms with Gasteiger partial charge in [-0.3, -0.25) is 4.79 Å². The van der Waals surface area contributed by atoms with Crippen LogP contribution in [0.3, 0.4) is 0 Å². The van der Waals surface area contributed by atoms with Crippen molar-refractivity contribution in [3.8, 4) is 0 Å². The lowest BCUT2D eigenvalue weighted by atomic mass is 9.83. The van der Waals surface area contributed by atoms with E-state index in [9.17, 15) is 9.90 Å². The summed E-state index contributed by atoms with van der Waals surface area (Å²) in [5.74, 6) is -0.658. The molecular formula is C23H21NO2S2. The topological polar surface area (TPSA) is 63.3 Å². The Balaban J connectivity index is 1.97. The van der Waals surface area contributed by atoms with Gasteiger partial charge in [-0.1, -0.05) is 78.0 Å². The van der Waals surface area contributed by atoms with E-state index >= 15 is 0 Å². The minimum Gasteiger partial charge on any atom is -0.480 e. The quantitative estimate of drug-likeness (QED) is 0.630. The average Bonchev–Trinajstić information content (AvgIpc) is 2.71. The van der Waals surface area contributed by atoms with Crippen LogP contribution in [0.15, 0.2) is 82.6 Å². The summed E-state index contributed by atoms with van der Waals surface area (Å²) in [5, 5.41) is 9.35. The Morgan fingerprint density at radius 2 is 1.54 bits per heavy atom. The molecule has 0 aliphatic carbocycles. The summed E-state index contributed by atoms with van der Waals surface area (Å²) < 4.78 is -0.501. The van der Waals surface area contributed by atoms with E-state index in [2.05, 4.69) is 55.5 Å². The molecule has 0 spiro atoms. The Morgan fingerprint density at radius 3 is 2.07 bits per heavy atom. The monoisotopic (exact) mass is 407 g/mol. The Bertz CT molecular complexity index is 972. The van der Waals surface area contributed by atoms with Crippen molar-refractivity contribution in [1.29, 1.82) is 0 Å². The number of benzene rings is 3. The molecule has 3 aromatic carbocycles. The van der Waals surface area contributed by atoms with Gasteiger partial charge < -0.3 is 10.8 Å². The van der Waals surface area contributed by atoms with Crippen LogP contribution in [0, 0.1) is 6.92 Å². The maximum absolute atomic E-state index is 11.4. The zero-order valence-electron chi connectivity index (χ0n) is 15.5. The van der Waals surface area contributed by atoms with E-state index in [4.69, 9.17) is 5.73 Å². The first-order valence-electron chi connectivity index (χ1n) is 9.09. The van der Waals surface area contributed by atoms with Gasteiger partial charge in [0, 0.05) is 15.5 Å². The van der Waals surface area contributed by atoms with Gasteiger partial charge in [0.25, 0.3) is 0 Å². The van der Waals surface area contributed by atoms with Crippen LogP contribution in [0.1, 0.15) is 22.3 Å². The number of thioether (sulfide) groups is 1. The van der Waals surface area contributed by atoms with Crippen LogP contribution in [-0.2, 0) is 9.54 Å². The van der Waals surface area contributed by atoms with Gasteiger partial charge in [0.1, 0.15) is 6.04 Å². The molecule has 28 heavy (non-hydrogen) atoms. The number of hydrogen-bond donors (Lipinski definition) is 2. The highest BCUT2D eigenvalue weighted by Gasteiger charge is 2.43. The number of fused-ring (bicyclic) bond motifs is 2. The normalized spacial score (nSPS) is 15.4. The van der Waals surface area contributed by atoms with Crippen molar-refractivity contribution in [2.24, 2.45) is 5.73 Å². The van der Waals surface area contributed by atoms with Gasteiger partial charge in [0.05, 0.1) is 4.75 Å². The Hall–Kier alpha value is -2.21. The number of aryl methyl sites for hydroxylation is 1. The van der Waals surface area contributed by atoms with Crippen molar-refractivity contribution in [2.45, 2.75) is 27.5 Å². The highest BCUT2D eigenvalue weighted by molar-refractivity contribution is 8.01. The van der Waals surface area contributed by atoms with Gasteiger partial charge in [-0.25, -0.2) is 0 Å². The molecule has 142 valence electrons. The number of carboxylic acids is 1. The SMILES string of the molecule is Cc1ccc(C2(SC[C@H](N)C(=O)O)c3ccccc3Sc3ccccc32)cc1. The molecule has 3 N–H and O–H groups in total. The molecule has 3 aromatic rings. The molecule has 1 aliphatic heterocycles. The van der Waals surface area contributed by atoms with Crippen molar-refractivity contribution < 1.29 is 9.90 Å². The molecule has 3 nitrogen and oxygen atoms in total. The number of carbonyl (C=O) groups is 1. The van der Waals surface area contributed by atoms with E-state index in [1.165, 1.54) is 26.5 Å². The van der Waals surface area contributed by atoms with Gasteiger partial charge in [0.2, 0.25) is 0 Å². The van der Waals surface area contributed by atoms with Crippen LogP contribution in [0.5, 0.6) is 0 Å². The Kier molecular flexibility index (Phi) is 5.23. The fourth-order valence-corrected chi connectivity index (χ4v) is 6.44. The molecule has 4 rings (SSSR count). The largest absolute Gasteiger partial charge is 0.480 e. The van der Waals surface area contributed by atoms with E-state index in [1.807, 2.05) is 24.3 Å². The summed E-state index contributed by atoms with van der Waals surface area (Å²) in [4.78, 5) is 13.8. The number of rotatable bonds is 5. The maximum atomic E-state index is 11.4. The molecule has 1 aliphatic rings. The molecule has 1 heterocycles. The molecule has 5 heteroatoms. The minimum atomic E-state index is -0.974. The van der Waals surface area contributed by atoms with Gasteiger partial charge in [-0.15, -0.1) is 11.8 Å². The second kappa shape index (κ2) is 7.66. The molecule has 0 amide bonds. The highest BCUT2D eigenvalue weighted by Crippen LogP contribution is 2.57. The lowest BCUT2D eigenvalue weighted by molar-refractivity contribution is -0.137. The number of hydrogen-bond acceptors (Lipinski definition) is 4. The first-order chi connectivity index (χ1) is 13.5. The minimum absolute atomic E-state index is 0.316. The molecule has 0 saturated heterocycles. The van der Waals surface area contributed by atoms with Crippen molar-refractivity contribution in [1.82, 2.24) is 0 Å². The van der Waals surface area contributed by atoms with E-state index in [0.29, 0.717) is 5.75 Å². The average molecular weight is 408 g/mol. The third-order valence-electron chi connectivity index (χ3n) is 5.01. The third-order valence-corrected chi connectivity index (χ3v) is 7.79. The fraction of sp³-hybridized carbons (Fsp3) is 0.174. The molecule has 0 radical (unpaired) electrons. The molecule has 0 aromatic heterocycles. The second-order valence-corrected chi connectivity index (χ2v) is 9.22.